The molecule has 1 atom stereocenters. The van der Waals surface area contributed by atoms with Crippen molar-refractivity contribution in [3.63, 3.8) is 0 Å². The first kappa shape index (κ1) is 13.6. The predicted octanol–water partition coefficient (Wildman–Crippen LogP) is 2.80. The minimum absolute atomic E-state index is 0.160. The number of carbonyl (C=O) groups is 1. The average Bonchev–Trinajstić information content (AvgIpc) is 2.35. The topological polar surface area (TPSA) is 38.3 Å². The fourth-order valence-electron chi connectivity index (χ4n) is 1.30. The molecule has 0 unspecified atom stereocenters. The smallest absolute Gasteiger partial charge is 0.261 e. The van der Waals surface area contributed by atoms with Crippen LogP contribution in [0.1, 0.15) is 13.3 Å². The van der Waals surface area contributed by atoms with E-state index in [0.717, 1.165) is 0 Å². The molecule has 4 heteroatoms. The summed E-state index contributed by atoms with van der Waals surface area (Å²) in [6, 6.07) is 7.10. The molecule has 0 aromatic heterocycles. The molecule has 0 aliphatic rings. The van der Waals surface area contributed by atoms with E-state index in [2.05, 4.69) is 11.9 Å². The normalized spacial score (nSPS) is 11.6. The maximum Gasteiger partial charge on any atom is 0.261 e. The largest absolute Gasteiger partial charge is 0.479 e. The fraction of sp³-hybridized carbons (Fsp3) is 0.308. The molecule has 0 bridgehead atoms. The molecule has 0 fully saturated rings. The maximum atomic E-state index is 11.7. The molecular formula is C13H16ClNO2. The summed E-state index contributed by atoms with van der Waals surface area (Å²) in [5.41, 5.74) is 0. The summed E-state index contributed by atoms with van der Waals surface area (Å²) < 4.78 is 5.57. The van der Waals surface area contributed by atoms with E-state index in [1.807, 2.05) is 19.1 Å². The van der Waals surface area contributed by atoms with Crippen LogP contribution in [0.25, 0.3) is 0 Å². The monoisotopic (exact) mass is 253 g/mol. The summed E-state index contributed by atoms with van der Waals surface area (Å²) in [5, 5.41) is 3.20. The van der Waals surface area contributed by atoms with Gasteiger partial charge in [0.15, 0.2) is 6.10 Å². The van der Waals surface area contributed by atoms with Gasteiger partial charge in [0.25, 0.3) is 5.91 Å². The summed E-state index contributed by atoms with van der Waals surface area (Å²) in [5.74, 6) is 0.363. The van der Waals surface area contributed by atoms with Crippen LogP contribution in [0.4, 0.5) is 0 Å². The van der Waals surface area contributed by atoms with Gasteiger partial charge in [0.05, 0.1) is 5.02 Å². The lowest BCUT2D eigenvalue weighted by Crippen LogP contribution is -2.38. The lowest BCUT2D eigenvalue weighted by atomic mass is 10.2. The van der Waals surface area contributed by atoms with Gasteiger partial charge in [0.1, 0.15) is 5.75 Å². The Labute approximate surface area is 106 Å². The van der Waals surface area contributed by atoms with E-state index in [1.54, 1.807) is 18.2 Å². The molecule has 3 nitrogen and oxygen atoms in total. The highest BCUT2D eigenvalue weighted by Crippen LogP contribution is 2.24. The zero-order valence-corrected chi connectivity index (χ0v) is 10.5. The summed E-state index contributed by atoms with van der Waals surface area (Å²) in [6.45, 7) is 5.85. The van der Waals surface area contributed by atoms with Crippen molar-refractivity contribution >= 4 is 17.5 Å². The first-order valence-electron chi connectivity index (χ1n) is 5.48. The molecule has 0 saturated heterocycles. The third-order valence-electron chi connectivity index (χ3n) is 2.19. The molecular weight excluding hydrogens is 238 g/mol. The van der Waals surface area contributed by atoms with E-state index < -0.39 is 6.10 Å². The van der Waals surface area contributed by atoms with Crippen molar-refractivity contribution in [1.29, 1.82) is 0 Å². The number of nitrogens with one attached hydrogen (secondary N) is 1. The summed E-state index contributed by atoms with van der Waals surface area (Å²) >= 11 is 5.96. The Bertz CT molecular complexity index is 393. The van der Waals surface area contributed by atoms with Crippen molar-refractivity contribution in [3.05, 3.63) is 41.9 Å². The zero-order chi connectivity index (χ0) is 12.7. The van der Waals surface area contributed by atoms with Crippen molar-refractivity contribution in [2.45, 2.75) is 19.4 Å². The number of benzene rings is 1. The standard InChI is InChI=1S/C13H16ClNO2/c1-3-9-15-13(16)11(4-2)17-12-8-6-5-7-10(12)14/h3,5-8,11H,1,4,9H2,2H3,(H,15,16)/t11-/m0/s1. The Hall–Kier alpha value is -1.48. The van der Waals surface area contributed by atoms with Gasteiger partial charge < -0.3 is 10.1 Å². The molecule has 0 aliphatic heterocycles. The SMILES string of the molecule is C=CCNC(=O)[C@H](CC)Oc1ccccc1Cl. The van der Waals surface area contributed by atoms with E-state index in [4.69, 9.17) is 16.3 Å². The number of ether oxygens (including phenoxy) is 1. The number of hydrogen-bond donors (Lipinski definition) is 1. The molecule has 0 heterocycles. The van der Waals surface area contributed by atoms with Crippen LogP contribution in [-0.4, -0.2) is 18.6 Å². The van der Waals surface area contributed by atoms with Gasteiger partial charge in [-0.05, 0) is 18.6 Å². The Morgan fingerprint density at radius 3 is 2.88 bits per heavy atom. The van der Waals surface area contributed by atoms with Gasteiger partial charge >= 0.3 is 0 Å². The van der Waals surface area contributed by atoms with Crippen molar-refractivity contribution in [2.75, 3.05) is 6.54 Å². The van der Waals surface area contributed by atoms with Crippen LogP contribution in [0.5, 0.6) is 5.75 Å². The molecule has 1 amide bonds. The molecule has 0 aliphatic carbocycles. The molecule has 92 valence electrons. The second-order valence-electron chi connectivity index (χ2n) is 3.48. The van der Waals surface area contributed by atoms with Gasteiger partial charge in [-0.3, -0.25) is 4.79 Å². The van der Waals surface area contributed by atoms with Crippen LogP contribution >= 0.6 is 11.6 Å². The fourth-order valence-corrected chi connectivity index (χ4v) is 1.48. The molecule has 0 spiro atoms. The van der Waals surface area contributed by atoms with Crippen LogP contribution in [0.15, 0.2) is 36.9 Å². The number of para-hydroxylation sites is 1. The third-order valence-corrected chi connectivity index (χ3v) is 2.50. The third kappa shape index (κ3) is 4.11. The molecule has 1 rings (SSSR count). The number of amides is 1. The van der Waals surface area contributed by atoms with Crippen LogP contribution in [0.3, 0.4) is 0 Å². The van der Waals surface area contributed by atoms with Gasteiger partial charge in [-0.15, -0.1) is 6.58 Å². The Balaban J connectivity index is 2.66. The summed E-state index contributed by atoms with van der Waals surface area (Å²) in [6.07, 6.45) is 1.67. The Morgan fingerprint density at radius 2 is 2.29 bits per heavy atom. The molecule has 1 N–H and O–H groups in total. The van der Waals surface area contributed by atoms with E-state index in [0.29, 0.717) is 23.7 Å². The van der Waals surface area contributed by atoms with Crippen molar-refractivity contribution in [2.24, 2.45) is 0 Å². The predicted molar refractivity (Wildman–Crippen MR) is 69.4 cm³/mol. The van der Waals surface area contributed by atoms with Crippen LogP contribution < -0.4 is 10.1 Å². The molecule has 1 aromatic rings. The van der Waals surface area contributed by atoms with Gasteiger partial charge in [-0.25, -0.2) is 0 Å². The number of carbonyl (C=O) groups excluding carboxylic acids is 1. The highest BCUT2D eigenvalue weighted by Gasteiger charge is 2.18. The molecule has 17 heavy (non-hydrogen) atoms. The van der Waals surface area contributed by atoms with Crippen LogP contribution in [0.2, 0.25) is 5.02 Å². The quantitative estimate of drug-likeness (QED) is 0.792. The van der Waals surface area contributed by atoms with Crippen molar-refractivity contribution in [1.82, 2.24) is 5.32 Å². The molecule has 1 aromatic carbocycles. The van der Waals surface area contributed by atoms with Crippen molar-refractivity contribution in [3.8, 4) is 5.75 Å². The van der Waals surface area contributed by atoms with Crippen LogP contribution in [0, 0.1) is 0 Å². The van der Waals surface area contributed by atoms with Gasteiger partial charge in [0.2, 0.25) is 0 Å². The molecule has 0 saturated carbocycles. The molecule has 0 radical (unpaired) electrons. The lowest BCUT2D eigenvalue weighted by molar-refractivity contribution is -0.127. The van der Waals surface area contributed by atoms with E-state index in [1.165, 1.54) is 0 Å². The average molecular weight is 254 g/mol. The van der Waals surface area contributed by atoms with Crippen molar-refractivity contribution < 1.29 is 9.53 Å². The van der Waals surface area contributed by atoms with E-state index in [9.17, 15) is 4.79 Å². The Kier molecular flexibility index (Phi) is 5.57. The number of halogens is 1. The second-order valence-corrected chi connectivity index (χ2v) is 3.89. The van der Waals surface area contributed by atoms with E-state index in [-0.39, 0.29) is 5.91 Å². The first-order chi connectivity index (χ1) is 8.19. The van der Waals surface area contributed by atoms with Gasteiger partial charge in [0, 0.05) is 6.54 Å². The van der Waals surface area contributed by atoms with Crippen LogP contribution in [-0.2, 0) is 4.79 Å². The minimum atomic E-state index is -0.533. The first-order valence-corrected chi connectivity index (χ1v) is 5.86. The highest BCUT2D eigenvalue weighted by atomic mass is 35.5. The van der Waals surface area contributed by atoms with E-state index >= 15 is 0 Å². The number of hydrogen-bond acceptors (Lipinski definition) is 2. The second kappa shape index (κ2) is 6.97. The summed E-state index contributed by atoms with van der Waals surface area (Å²) in [4.78, 5) is 11.7. The van der Waals surface area contributed by atoms with Gasteiger partial charge in [-0.2, -0.15) is 0 Å². The van der Waals surface area contributed by atoms with Gasteiger partial charge in [-0.1, -0.05) is 36.7 Å². The maximum absolute atomic E-state index is 11.7. The summed E-state index contributed by atoms with van der Waals surface area (Å²) in [7, 11) is 0. The highest BCUT2D eigenvalue weighted by molar-refractivity contribution is 6.32. The Morgan fingerprint density at radius 1 is 1.59 bits per heavy atom. The lowest BCUT2D eigenvalue weighted by Gasteiger charge is -2.17. The number of rotatable bonds is 6. The zero-order valence-electron chi connectivity index (χ0n) is 9.78. The minimum Gasteiger partial charge on any atom is -0.479 e.